The van der Waals surface area contributed by atoms with Crippen molar-refractivity contribution in [1.82, 2.24) is 10.3 Å². The predicted molar refractivity (Wildman–Crippen MR) is 90.8 cm³/mol. The van der Waals surface area contributed by atoms with Crippen LogP contribution in [0.1, 0.15) is 58.7 Å². The molecule has 3 nitrogen and oxygen atoms in total. The SMILES string of the molecule is CCc1cc(CNC(C)(C)C)cc(N2CCC(C)CC2)n1. The summed E-state index contributed by atoms with van der Waals surface area (Å²) >= 11 is 0. The Balaban J connectivity index is 2.13. The van der Waals surface area contributed by atoms with Crippen molar-refractivity contribution in [3.63, 3.8) is 0 Å². The van der Waals surface area contributed by atoms with Gasteiger partial charge in [0.2, 0.25) is 0 Å². The van der Waals surface area contributed by atoms with Crippen LogP contribution in [-0.4, -0.2) is 23.6 Å². The third-order valence-electron chi connectivity index (χ3n) is 4.22. The average molecular weight is 289 g/mol. The number of aromatic nitrogens is 1. The molecule has 1 aromatic heterocycles. The molecule has 0 amide bonds. The number of aryl methyl sites for hydroxylation is 1. The van der Waals surface area contributed by atoms with E-state index in [0.717, 1.165) is 32.0 Å². The quantitative estimate of drug-likeness (QED) is 0.914. The van der Waals surface area contributed by atoms with Gasteiger partial charge in [-0.15, -0.1) is 0 Å². The molecule has 0 unspecified atom stereocenters. The summed E-state index contributed by atoms with van der Waals surface area (Å²) in [6.07, 6.45) is 3.57. The molecule has 1 aliphatic heterocycles. The van der Waals surface area contributed by atoms with Gasteiger partial charge in [-0.25, -0.2) is 4.98 Å². The summed E-state index contributed by atoms with van der Waals surface area (Å²) in [5.41, 5.74) is 2.71. The van der Waals surface area contributed by atoms with E-state index in [-0.39, 0.29) is 5.54 Å². The van der Waals surface area contributed by atoms with E-state index < -0.39 is 0 Å². The Kier molecular flexibility index (Phi) is 5.26. The minimum absolute atomic E-state index is 0.149. The number of hydrogen-bond donors (Lipinski definition) is 1. The second kappa shape index (κ2) is 6.78. The van der Waals surface area contributed by atoms with Gasteiger partial charge in [0.05, 0.1) is 0 Å². The number of rotatable bonds is 4. The lowest BCUT2D eigenvalue weighted by Crippen LogP contribution is -2.35. The highest BCUT2D eigenvalue weighted by molar-refractivity contribution is 5.43. The minimum atomic E-state index is 0.149. The number of hydrogen-bond acceptors (Lipinski definition) is 3. The molecule has 21 heavy (non-hydrogen) atoms. The van der Waals surface area contributed by atoms with Crippen LogP contribution in [-0.2, 0) is 13.0 Å². The number of piperidine rings is 1. The Labute approximate surface area is 130 Å². The van der Waals surface area contributed by atoms with Crippen LogP contribution in [0.3, 0.4) is 0 Å². The van der Waals surface area contributed by atoms with Gasteiger partial charge in [-0.1, -0.05) is 13.8 Å². The second-order valence-electron chi connectivity index (χ2n) is 7.45. The molecular weight excluding hydrogens is 258 g/mol. The van der Waals surface area contributed by atoms with E-state index in [1.165, 1.54) is 29.9 Å². The highest BCUT2D eigenvalue weighted by Crippen LogP contribution is 2.23. The standard InChI is InChI=1S/C18H31N3/c1-6-16-11-15(13-19-18(3,4)5)12-17(20-16)21-9-7-14(2)8-10-21/h11-12,14,19H,6-10,13H2,1-5H3. The summed E-state index contributed by atoms with van der Waals surface area (Å²) < 4.78 is 0. The summed E-state index contributed by atoms with van der Waals surface area (Å²) in [7, 11) is 0. The number of nitrogens with one attached hydrogen (secondary N) is 1. The Morgan fingerprint density at radius 3 is 2.48 bits per heavy atom. The van der Waals surface area contributed by atoms with Crippen molar-refractivity contribution in [2.24, 2.45) is 5.92 Å². The van der Waals surface area contributed by atoms with Gasteiger partial charge < -0.3 is 10.2 Å². The van der Waals surface area contributed by atoms with Crippen LogP contribution >= 0.6 is 0 Å². The molecule has 0 spiro atoms. The molecule has 1 aliphatic rings. The molecule has 0 aromatic carbocycles. The Morgan fingerprint density at radius 2 is 1.90 bits per heavy atom. The fraction of sp³-hybridized carbons (Fsp3) is 0.722. The molecule has 0 aliphatic carbocycles. The predicted octanol–water partition coefficient (Wildman–Crippen LogP) is 3.77. The Hall–Kier alpha value is -1.09. The minimum Gasteiger partial charge on any atom is -0.357 e. The van der Waals surface area contributed by atoms with Crippen LogP contribution in [0.5, 0.6) is 0 Å². The zero-order valence-electron chi connectivity index (χ0n) is 14.4. The first kappa shape index (κ1) is 16.3. The highest BCUT2D eigenvalue weighted by atomic mass is 15.2. The van der Waals surface area contributed by atoms with E-state index in [0.29, 0.717) is 0 Å². The van der Waals surface area contributed by atoms with Crippen LogP contribution in [0.25, 0.3) is 0 Å². The van der Waals surface area contributed by atoms with Crippen molar-refractivity contribution in [2.45, 2.75) is 66.0 Å². The molecule has 1 N–H and O–H groups in total. The zero-order chi connectivity index (χ0) is 15.5. The van der Waals surface area contributed by atoms with Gasteiger partial charge in [0.25, 0.3) is 0 Å². The molecule has 118 valence electrons. The molecular formula is C18H31N3. The fourth-order valence-electron chi connectivity index (χ4n) is 2.68. The maximum Gasteiger partial charge on any atom is 0.129 e. The Bertz CT molecular complexity index is 454. The molecule has 1 saturated heterocycles. The van der Waals surface area contributed by atoms with Crippen molar-refractivity contribution in [3.05, 3.63) is 23.4 Å². The molecule has 2 rings (SSSR count). The van der Waals surface area contributed by atoms with Crippen molar-refractivity contribution in [2.75, 3.05) is 18.0 Å². The average Bonchev–Trinajstić information content (AvgIpc) is 2.45. The smallest absolute Gasteiger partial charge is 0.129 e. The lowest BCUT2D eigenvalue weighted by molar-refractivity contribution is 0.423. The van der Waals surface area contributed by atoms with Crippen molar-refractivity contribution >= 4 is 5.82 Å². The van der Waals surface area contributed by atoms with Gasteiger partial charge >= 0.3 is 0 Å². The normalized spacial score (nSPS) is 17.3. The highest BCUT2D eigenvalue weighted by Gasteiger charge is 2.18. The zero-order valence-corrected chi connectivity index (χ0v) is 14.4. The maximum atomic E-state index is 4.84. The summed E-state index contributed by atoms with van der Waals surface area (Å²) in [5, 5.41) is 3.58. The van der Waals surface area contributed by atoms with E-state index in [1.807, 2.05) is 0 Å². The third-order valence-corrected chi connectivity index (χ3v) is 4.22. The van der Waals surface area contributed by atoms with Gasteiger partial charge in [-0.05, 0) is 63.6 Å². The molecule has 2 heterocycles. The van der Waals surface area contributed by atoms with Gasteiger partial charge in [-0.2, -0.15) is 0 Å². The maximum absolute atomic E-state index is 4.84. The number of pyridine rings is 1. The topological polar surface area (TPSA) is 28.2 Å². The van der Waals surface area contributed by atoms with Crippen molar-refractivity contribution in [3.8, 4) is 0 Å². The first-order valence-corrected chi connectivity index (χ1v) is 8.37. The summed E-state index contributed by atoms with van der Waals surface area (Å²) in [5.74, 6) is 2.03. The van der Waals surface area contributed by atoms with Crippen molar-refractivity contribution < 1.29 is 0 Å². The largest absolute Gasteiger partial charge is 0.357 e. The van der Waals surface area contributed by atoms with E-state index in [4.69, 9.17) is 4.98 Å². The first-order valence-electron chi connectivity index (χ1n) is 8.37. The van der Waals surface area contributed by atoms with E-state index in [2.05, 4.69) is 57.0 Å². The van der Waals surface area contributed by atoms with Crippen LogP contribution in [0, 0.1) is 5.92 Å². The number of anilines is 1. The summed E-state index contributed by atoms with van der Waals surface area (Å²) in [6, 6.07) is 4.52. The summed E-state index contributed by atoms with van der Waals surface area (Å²) in [4.78, 5) is 7.30. The molecule has 3 heteroatoms. The van der Waals surface area contributed by atoms with Crippen LogP contribution in [0.2, 0.25) is 0 Å². The fourth-order valence-corrected chi connectivity index (χ4v) is 2.68. The molecule has 0 radical (unpaired) electrons. The molecule has 0 saturated carbocycles. The van der Waals surface area contributed by atoms with Gasteiger partial charge in [-0.3, -0.25) is 0 Å². The van der Waals surface area contributed by atoms with E-state index >= 15 is 0 Å². The van der Waals surface area contributed by atoms with Crippen LogP contribution < -0.4 is 10.2 Å². The summed E-state index contributed by atoms with van der Waals surface area (Å²) in [6.45, 7) is 14.4. The molecule has 0 bridgehead atoms. The van der Waals surface area contributed by atoms with E-state index in [9.17, 15) is 0 Å². The number of nitrogens with zero attached hydrogens (tertiary/aromatic N) is 2. The lowest BCUT2D eigenvalue weighted by atomic mass is 9.99. The third kappa shape index (κ3) is 4.99. The monoisotopic (exact) mass is 289 g/mol. The molecule has 0 atom stereocenters. The first-order chi connectivity index (χ1) is 9.87. The molecule has 1 fully saturated rings. The van der Waals surface area contributed by atoms with Crippen LogP contribution in [0.4, 0.5) is 5.82 Å². The van der Waals surface area contributed by atoms with Crippen molar-refractivity contribution in [1.29, 1.82) is 0 Å². The molecule has 1 aromatic rings. The lowest BCUT2D eigenvalue weighted by Gasteiger charge is -2.32. The van der Waals surface area contributed by atoms with E-state index in [1.54, 1.807) is 0 Å². The van der Waals surface area contributed by atoms with Gasteiger partial charge in [0.1, 0.15) is 5.82 Å². The van der Waals surface area contributed by atoms with Crippen LogP contribution in [0.15, 0.2) is 12.1 Å². The Morgan fingerprint density at radius 1 is 1.24 bits per heavy atom. The van der Waals surface area contributed by atoms with Gasteiger partial charge in [0, 0.05) is 30.9 Å². The second-order valence-corrected chi connectivity index (χ2v) is 7.45. The van der Waals surface area contributed by atoms with Gasteiger partial charge in [0.15, 0.2) is 0 Å².